The van der Waals surface area contributed by atoms with Gasteiger partial charge in [0.2, 0.25) is 15.9 Å². The highest BCUT2D eigenvalue weighted by atomic mass is 32.2. The average molecular weight is 354 g/mol. The lowest BCUT2D eigenvalue weighted by Crippen LogP contribution is -2.45. The molecule has 1 aliphatic rings. The summed E-state index contributed by atoms with van der Waals surface area (Å²) in [6, 6.07) is 5.97. The summed E-state index contributed by atoms with van der Waals surface area (Å²) in [5.41, 5.74) is 0.0881. The molecule has 0 spiro atoms. The minimum absolute atomic E-state index is 0.00174. The Hall–Kier alpha value is -2.42. The first kappa shape index (κ1) is 17.9. The summed E-state index contributed by atoms with van der Waals surface area (Å²) in [5, 5.41) is 2.09. The molecule has 2 rings (SSSR count). The third kappa shape index (κ3) is 4.54. The molecule has 1 saturated heterocycles. The minimum atomic E-state index is -3.57. The van der Waals surface area contributed by atoms with Gasteiger partial charge in [0.15, 0.2) is 6.10 Å². The first-order valence-electron chi connectivity index (χ1n) is 7.46. The fourth-order valence-corrected chi connectivity index (χ4v) is 3.37. The molecule has 2 amide bonds. The molecule has 0 saturated carbocycles. The summed E-state index contributed by atoms with van der Waals surface area (Å²) < 4.78 is 31.2. The highest BCUT2D eigenvalue weighted by Crippen LogP contribution is 2.20. The Morgan fingerprint density at radius 3 is 2.71 bits per heavy atom. The molecule has 1 unspecified atom stereocenters. The number of para-hydroxylation sites is 1. The number of rotatable bonds is 6. The summed E-state index contributed by atoms with van der Waals surface area (Å²) in [5.74, 6) is -2.01. The molecule has 0 bridgehead atoms. The number of ether oxygens (including phenoxy) is 1. The minimum Gasteiger partial charge on any atom is -0.449 e. The standard InChI is InChI=1S/C15H18N2O6S/c1-2-9-24(21,22)17-11-6-4-3-5-10(11)15(20)23-12-7-8-13(18)16-14(12)19/h3-6,12,17H,2,7-9H2,1H3,(H,16,18,19). The number of carbonyl (C=O) groups is 3. The van der Waals surface area contributed by atoms with E-state index in [4.69, 9.17) is 4.74 Å². The van der Waals surface area contributed by atoms with E-state index in [0.29, 0.717) is 6.42 Å². The van der Waals surface area contributed by atoms with Crippen molar-refractivity contribution in [1.29, 1.82) is 0 Å². The quantitative estimate of drug-likeness (QED) is 0.576. The van der Waals surface area contributed by atoms with Gasteiger partial charge in [0.05, 0.1) is 17.0 Å². The maximum Gasteiger partial charge on any atom is 0.341 e. The molecule has 1 aromatic rings. The van der Waals surface area contributed by atoms with Crippen LogP contribution in [-0.4, -0.2) is 38.1 Å². The third-order valence-corrected chi connectivity index (χ3v) is 4.80. The molecule has 24 heavy (non-hydrogen) atoms. The molecular weight excluding hydrogens is 336 g/mol. The van der Waals surface area contributed by atoms with Crippen molar-refractivity contribution in [3.8, 4) is 0 Å². The largest absolute Gasteiger partial charge is 0.449 e. The maximum absolute atomic E-state index is 12.3. The zero-order valence-electron chi connectivity index (χ0n) is 13.1. The second-order valence-corrected chi connectivity index (χ2v) is 7.15. The van der Waals surface area contributed by atoms with Crippen molar-refractivity contribution >= 4 is 33.5 Å². The molecule has 0 radical (unpaired) electrons. The number of amides is 2. The molecule has 1 heterocycles. The van der Waals surface area contributed by atoms with Crippen molar-refractivity contribution in [2.75, 3.05) is 10.5 Å². The Balaban J connectivity index is 2.15. The van der Waals surface area contributed by atoms with Gasteiger partial charge in [0, 0.05) is 12.8 Å². The van der Waals surface area contributed by atoms with Crippen molar-refractivity contribution in [1.82, 2.24) is 5.32 Å². The smallest absolute Gasteiger partial charge is 0.341 e. The molecule has 1 fully saturated rings. The van der Waals surface area contributed by atoms with Crippen molar-refractivity contribution < 1.29 is 27.5 Å². The van der Waals surface area contributed by atoms with Gasteiger partial charge >= 0.3 is 5.97 Å². The van der Waals surface area contributed by atoms with Crippen LogP contribution in [0.4, 0.5) is 5.69 Å². The van der Waals surface area contributed by atoms with E-state index in [1.165, 1.54) is 12.1 Å². The van der Waals surface area contributed by atoms with E-state index in [1.807, 2.05) is 0 Å². The van der Waals surface area contributed by atoms with Gasteiger partial charge in [-0.2, -0.15) is 0 Å². The molecule has 9 heteroatoms. The predicted molar refractivity (Wildman–Crippen MR) is 85.7 cm³/mol. The van der Waals surface area contributed by atoms with E-state index >= 15 is 0 Å². The number of piperidine rings is 1. The highest BCUT2D eigenvalue weighted by molar-refractivity contribution is 7.92. The summed E-state index contributed by atoms with van der Waals surface area (Å²) >= 11 is 0. The Kier molecular flexibility index (Phi) is 5.55. The van der Waals surface area contributed by atoms with E-state index in [0.717, 1.165) is 0 Å². The normalized spacial score (nSPS) is 18.0. The van der Waals surface area contributed by atoms with Crippen LogP contribution >= 0.6 is 0 Å². The van der Waals surface area contributed by atoms with Gasteiger partial charge in [0.1, 0.15) is 0 Å². The lowest BCUT2D eigenvalue weighted by atomic mass is 10.1. The van der Waals surface area contributed by atoms with Crippen LogP contribution in [0.15, 0.2) is 24.3 Å². The van der Waals surface area contributed by atoms with Gasteiger partial charge in [-0.25, -0.2) is 13.2 Å². The number of esters is 1. The highest BCUT2D eigenvalue weighted by Gasteiger charge is 2.30. The number of nitrogens with one attached hydrogen (secondary N) is 2. The lowest BCUT2D eigenvalue weighted by Gasteiger charge is -2.21. The summed E-state index contributed by atoms with van der Waals surface area (Å²) in [6.07, 6.45) is -0.470. The van der Waals surface area contributed by atoms with Crippen LogP contribution in [-0.2, 0) is 24.3 Å². The van der Waals surface area contributed by atoms with Gasteiger partial charge in [0.25, 0.3) is 5.91 Å². The Labute approximate surface area is 139 Å². The Morgan fingerprint density at radius 1 is 1.33 bits per heavy atom. The van der Waals surface area contributed by atoms with E-state index < -0.39 is 33.9 Å². The number of hydrogen-bond donors (Lipinski definition) is 2. The lowest BCUT2D eigenvalue weighted by molar-refractivity contribution is -0.140. The summed E-state index contributed by atoms with van der Waals surface area (Å²) in [6.45, 7) is 1.72. The number of sulfonamides is 1. The topological polar surface area (TPSA) is 119 Å². The molecule has 130 valence electrons. The summed E-state index contributed by atoms with van der Waals surface area (Å²) in [7, 11) is -3.57. The molecule has 1 aromatic carbocycles. The molecule has 2 N–H and O–H groups in total. The number of benzene rings is 1. The van der Waals surface area contributed by atoms with Crippen molar-refractivity contribution in [3.05, 3.63) is 29.8 Å². The van der Waals surface area contributed by atoms with E-state index in [1.54, 1.807) is 19.1 Å². The Bertz CT molecular complexity index is 759. The zero-order valence-corrected chi connectivity index (χ0v) is 13.9. The Morgan fingerprint density at radius 2 is 2.04 bits per heavy atom. The second kappa shape index (κ2) is 7.43. The van der Waals surface area contributed by atoms with E-state index in [9.17, 15) is 22.8 Å². The van der Waals surface area contributed by atoms with Crippen LogP contribution in [0.2, 0.25) is 0 Å². The van der Waals surface area contributed by atoms with Gasteiger partial charge in [-0.1, -0.05) is 19.1 Å². The molecular formula is C15H18N2O6S. The first-order chi connectivity index (χ1) is 11.3. The van der Waals surface area contributed by atoms with Crippen LogP contribution in [0.25, 0.3) is 0 Å². The van der Waals surface area contributed by atoms with Crippen molar-refractivity contribution in [3.63, 3.8) is 0 Å². The van der Waals surface area contributed by atoms with E-state index in [-0.39, 0.29) is 29.8 Å². The van der Waals surface area contributed by atoms with Crippen LogP contribution < -0.4 is 10.0 Å². The molecule has 0 aliphatic carbocycles. The fourth-order valence-electron chi connectivity index (χ4n) is 2.22. The van der Waals surface area contributed by atoms with Crippen LogP contribution in [0.5, 0.6) is 0 Å². The van der Waals surface area contributed by atoms with Gasteiger partial charge < -0.3 is 4.74 Å². The van der Waals surface area contributed by atoms with Crippen LogP contribution in [0.1, 0.15) is 36.5 Å². The first-order valence-corrected chi connectivity index (χ1v) is 9.12. The predicted octanol–water partition coefficient (Wildman–Crippen LogP) is 0.800. The molecule has 1 atom stereocenters. The number of carbonyl (C=O) groups excluding carboxylic acids is 3. The average Bonchev–Trinajstić information content (AvgIpc) is 2.50. The summed E-state index contributed by atoms with van der Waals surface area (Å²) in [4.78, 5) is 35.0. The number of anilines is 1. The van der Waals surface area contributed by atoms with Crippen molar-refractivity contribution in [2.24, 2.45) is 0 Å². The monoisotopic (exact) mass is 354 g/mol. The van der Waals surface area contributed by atoms with Crippen LogP contribution in [0.3, 0.4) is 0 Å². The number of imide groups is 1. The van der Waals surface area contributed by atoms with E-state index in [2.05, 4.69) is 10.0 Å². The molecule has 8 nitrogen and oxygen atoms in total. The van der Waals surface area contributed by atoms with Crippen molar-refractivity contribution in [2.45, 2.75) is 32.3 Å². The molecule has 1 aliphatic heterocycles. The van der Waals surface area contributed by atoms with Gasteiger partial charge in [-0.3, -0.25) is 19.6 Å². The maximum atomic E-state index is 12.3. The zero-order chi connectivity index (χ0) is 17.7. The molecule has 0 aromatic heterocycles. The third-order valence-electron chi connectivity index (χ3n) is 3.32. The van der Waals surface area contributed by atoms with Gasteiger partial charge in [-0.05, 0) is 18.6 Å². The SMILES string of the molecule is CCCS(=O)(=O)Nc1ccccc1C(=O)OC1CCC(=O)NC1=O. The number of hydrogen-bond acceptors (Lipinski definition) is 6. The van der Waals surface area contributed by atoms with Gasteiger partial charge in [-0.15, -0.1) is 0 Å². The van der Waals surface area contributed by atoms with Crippen LogP contribution in [0, 0.1) is 0 Å². The second-order valence-electron chi connectivity index (χ2n) is 5.31. The fraction of sp³-hybridized carbons (Fsp3) is 0.400.